The van der Waals surface area contributed by atoms with Gasteiger partial charge in [0.05, 0.1) is 0 Å². The van der Waals surface area contributed by atoms with Gasteiger partial charge >= 0.3 is 0 Å². The molecule has 0 unspecified atom stereocenters. The van der Waals surface area contributed by atoms with E-state index in [1.54, 1.807) is 6.07 Å². The van der Waals surface area contributed by atoms with Gasteiger partial charge < -0.3 is 10.1 Å². The standard InChI is InChI=1S/C17H20ClNO/c1-17(2,3)19-12-13-7-9-15(10-8-13)20-16-6-4-5-14(18)11-16/h4-11,19H,12H2,1-3H3. The molecule has 1 N–H and O–H groups in total. The van der Waals surface area contributed by atoms with Crippen LogP contribution in [0, 0.1) is 0 Å². The van der Waals surface area contributed by atoms with Crippen molar-refractivity contribution in [1.29, 1.82) is 0 Å². The lowest BCUT2D eigenvalue weighted by Crippen LogP contribution is -2.34. The lowest BCUT2D eigenvalue weighted by molar-refractivity contribution is 0.424. The van der Waals surface area contributed by atoms with Crippen LogP contribution in [0.25, 0.3) is 0 Å². The van der Waals surface area contributed by atoms with Crippen LogP contribution in [-0.2, 0) is 6.54 Å². The first-order valence-corrected chi connectivity index (χ1v) is 7.08. The fourth-order valence-corrected chi connectivity index (χ4v) is 1.89. The van der Waals surface area contributed by atoms with E-state index in [1.165, 1.54) is 5.56 Å². The van der Waals surface area contributed by atoms with Gasteiger partial charge in [0.25, 0.3) is 0 Å². The monoisotopic (exact) mass is 289 g/mol. The van der Waals surface area contributed by atoms with Crippen LogP contribution in [0.15, 0.2) is 48.5 Å². The molecule has 20 heavy (non-hydrogen) atoms. The molecule has 0 fully saturated rings. The van der Waals surface area contributed by atoms with Crippen LogP contribution in [0.5, 0.6) is 11.5 Å². The van der Waals surface area contributed by atoms with Crippen molar-refractivity contribution in [2.24, 2.45) is 0 Å². The number of hydrogen-bond donors (Lipinski definition) is 1. The Morgan fingerprint density at radius 3 is 2.30 bits per heavy atom. The number of hydrogen-bond acceptors (Lipinski definition) is 2. The normalized spacial score (nSPS) is 11.4. The van der Waals surface area contributed by atoms with Gasteiger partial charge in [0.15, 0.2) is 0 Å². The third kappa shape index (κ3) is 4.87. The molecule has 0 spiro atoms. The zero-order valence-electron chi connectivity index (χ0n) is 12.1. The highest BCUT2D eigenvalue weighted by Crippen LogP contribution is 2.24. The molecule has 0 aliphatic rings. The summed E-state index contributed by atoms with van der Waals surface area (Å²) in [5, 5.41) is 4.13. The number of nitrogens with one attached hydrogen (secondary N) is 1. The lowest BCUT2D eigenvalue weighted by atomic mass is 10.1. The summed E-state index contributed by atoms with van der Waals surface area (Å²) in [7, 11) is 0. The maximum absolute atomic E-state index is 5.93. The second-order valence-corrected chi connectivity index (χ2v) is 6.24. The van der Waals surface area contributed by atoms with Crippen LogP contribution in [0.1, 0.15) is 26.3 Å². The Bertz CT molecular complexity index is 558. The van der Waals surface area contributed by atoms with Crippen LogP contribution >= 0.6 is 11.6 Å². The topological polar surface area (TPSA) is 21.3 Å². The van der Waals surface area contributed by atoms with Crippen molar-refractivity contribution in [2.75, 3.05) is 0 Å². The predicted octanol–water partition coefficient (Wildman–Crippen LogP) is 5.02. The van der Waals surface area contributed by atoms with E-state index >= 15 is 0 Å². The molecule has 2 rings (SSSR count). The van der Waals surface area contributed by atoms with E-state index in [0.717, 1.165) is 18.0 Å². The highest BCUT2D eigenvalue weighted by molar-refractivity contribution is 6.30. The summed E-state index contributed by atoms with van der Waals surface area (Å²) in [6, 6.07) is 15.5. The van der Waals surface area contributed by atoms with Crippen molar-refractivity contribution < 1.29 is 4.74 Å². The minimum absolute atomic E-state index is 0.121. The van der Waals surface area contributed by atoms with Gasteiger partial charge in [-0.25, -0.2) is 0 Å². The van der Waals surface area contributed by atoms with E-state index in [1.807, 2.05) is 30.3 Å². The fraction of sp³-hybridized carbons (Fsp3) is 0.294. The van der Waals surface area contributed by atoms with Gasteiger partial charge in [-0.3, -0.25) is 0 Å². The number of ether oxygens (including phenoxy) is 1. The molecule has 2 aromatic rings. The molecule has 0 aliphatic carbocycles. The molecule has 3 heteroatoms. The van der Waals surface area contributed by atoms with Crippen molar-refractivity contribution in [2.45, 2.75) is 32.9 Å². The maximum Gasteiger partial charge on any atom is 0.128 e. The van der Waals surface area contributed by atoms with Crippen molar-refractivity contribution in [3.05, 3.63) is 59.1 Å². The quantitative estimate of drug-likeness (QED) is 0.853. The first-order chi connectivity index (χ1) is 9.42. The smallest absolute Gasteiger partial charge is 0.128 e. The van der Waals surface area contributed by atoms with E-state index in [0.29, 0.717) is 5.02 Å². The van der Waals surface area contributed by atoms with Crippen molar-refractivity contribution in [3.8, 4) is 11.5 Å². The summed E-state index contributed by atoms with van der Waals surface area (Å²) in [5.74, 6) is 1.56. The first kappa shape index (κ1) is 14.9. The highest BCUT2D eigenvalue weighted by atomic mass is 35.5. The van der Waals surface area contributed by atoms with E-state index in [9.17, 15) is 0 Å². The molecule has 0 bridgehead atoms. The van der Waals surface area contributed by atoms with Crippen molar-refractivity contribution in [3.63, 3.8) is 0 Å². The predicted molar refractivity (Wildman–Crippen MR) is 84.6 cm³/mol. The molecule has 0 heterocycles. The van der Waals surface area contributed by atoms with Gasteiger partial charge in [-0.15, -0.1) is 0 Å². The second-order valence-electron chi connectivity index (χ2n) is 5.81. The Balaban J connectivity index is 1.98. The molecule has 2 nitrogen and oxygen atoms in total. The third-order valence-corrected chi connectivity index (χ3v) is 3.01. The minimum atomic E-state index is 0.121. The maximum atomic E-state index is 5.93. The molecule has 106 valence electrons. The summed E-state index contributed by atoms with van der Waals surface area (Å²) in [6.45, 7) is 7.32. The first-order valence-electron chi connectivity index (χ1n) is 6.70. The molecule has 0 atom stereocenters. The van der Waals surface area contributed by atoms with Gasteiger partial charge in [0.1, 0.15) is 11.5 Å². The Hall–Kier alpha value is -1.51. The van der Waals surface area contributed by atoms with Crippen molar-refractivity contribution >= 4 is 11.6 Å². The second kappa shape index (κ2) is 6.29. The Labute approximate surface area is 125 Å². The zero-order valence-corrected chi connectivity index (χ0v) is 12.9. The van der Waals surface area contributed by atoms with Crippen LogP contribution in [0.2, 0.25) is 5.02 Å². The molecule has 0 aliphatic heterocycles. The Morgan fingerprint density at radius 1 is 1.00 bits per heavy atom. The van der Waals surface area contributed by atoms with Crippen LogP contribution < -0.4 is 10.1 Å². The summed E-state index contributed by atoms with van der Waals surface area (Å²) in [6.07, 6.45) is 0. The largest absolute Gasteiger partial charge is 0.457 e. The molecular formula is C17H20ClNO. The minimum Gasteiger partial charge on any atom is -0.457 e. The van der Waals surface area contributed by atoms with Gasteiger partial charge in [-0.05, 0) is 56.7 Å². The average Bonchev–Trinajstić information content (AvgIpc) is 2.37. The number of benzene rings is 2. The van der Waals surface area contributed by atoms with Crippen LogP contribution in [0.3, 0.4) is 0 Å². The lowest BCUT2D eigenvalue weighted by Gasteiger charge is -2.20. The van der Waals surface area contributed by atoms with Crippen molar-refractivity contribution in [1.82, 2.24) is 5.32 Å². The fourth-order valence-electron chi connectivity index (χ4n) is 1.71. The molecular weight excluding hydrogens is 270 g/mol. The number of halogens is 1. The van der Waals surface area contributed by atoms with E-state index < -0.39 is 0 Å². The summed E-state index contributed by atoms with van der Waals surface area (Å²) in [4.78, 5) is 0. The number of rotatable bonds is 4. The van der Waals surface area contributed by atoms with Gasteiger partial charge in [-0.1, -0.05) is 29.8 Å². The summed E-state index contributed by atoms with van der Waals surface area (Å²) >= 11 is 5.93. The Morgan fingerprint density at radius 2 is 1.70 bits per heavy atom. The van der Waals surface area contributed by atoms with Crippen LogP contribution in [0.4, 0.5) is 0 Å². The zero-order chi connectivity index (χ0) is 14.6. The highest BCUT2D eigenvalue weighted by Gasteiger charge is 2.08. The third-order valence-electron chi connectivity index (χ3n) is 2.78. The molecule has 0 saturated carbocycles. The van der Waals surface area contributed by atoms with E-state index in [2.05, 4.69) is 38.2 Å². The van der Waals surface area contributed by atoms with Gasteiger partial charge in [0, 0.05) is 17.1 Å². The molecule has 0 saturated heterocycles. The average molecular weight is 290 g/mol. The Kier molecular flexibility index (Phi) is 4.69. The molecule has 2 aromatic carbocycles. The molecule has 0 amide bonds. The van der Waals surface area contributed by atoms with E-state index in [-0.39, 0.29) is 5.54 Å². The van der Waals surface area contributed by atoms with Gasteiger partial charge in [0.2, 0.25) is 0 Å². The SMILES string of the molecule is CC(C)(C)NCc1ccc(Oc2cccc(Cl)c2)cc1. The van der Waals surface area contributed by atoms with Crippen LogP contribution in [-0.4, -0.2) is 5.54 Å². The van der Waals surface area contributed by atoms with E-state index in [4.69, 9.17) is 16.3 Å². The summed E-state index contributed by atoms with van der Waals surface area (Å²) < 4.78 is 5.75. The molecule has 0 radical (unpaired) electrons. The molecule has 0 aromatic heterocycles. The summed E-state index contributed by atoms with van der Waals surface area (Å²) in [5.41, 5.74) is 1.36. The van der Waals surface area contributed by atoms with Gasteiger partial charge in [-0.2, -0.15) is 0 Å².